The van der Waals surface area contributed by atoms with E-state index in [0.717, 1.165) is 152 Å². The second-order valence-corrected chi connectivity index (χ2v) is 37.9. The van der Waals surface area contributed by atoms with Crippen molar-refractivity contribution in [3.8, 4) is 0 Å². The van der Waals surface area contributed by atoms with E-state index in [-0.39, 0.29) is 103 Å². The lowest BCUT2D eigenvalue weighted by Gasteiger charge is -2.55. The summed E-state index contributed by atoms with van der Waals surface area (Å²) in [4.78, 5) is 60.9. The molecular weight excluding hydrogens is 1150 g/mol. The largest absolute Gasteiger partial charge is 0.341 e. The Labute approximate surface area is 560 Å². The second kappa shape index (κ2) is 26.1. The third kappa shape index (κ3) is 17.6. The summed E-state index contributed by atoms with van der Waals surface area (Å²) in [7, 11) is 12.6. The van der Waals surface area contributed by atoms with E-state index in [1.807, 2.05) is 14.2 Å². The Hall–Kier alpha value is -3.50. The minimum absolute atomic E-state index is 0.0543. The Morgan fingerprint density at radius 2 is 0.478 bits per heavy atom. The van der Waals surface area contributed by atoms with Crippen molar-refractivity contribution in [2.75, 3.05) is 84.9 Å². The van der Waals surface area contributed by atoms with Crippen molar-refractivity contribution in [2.24, 2.45) is 0 Å². The van der Waals surface area contributed by atoms with Gasteiger partial charge in [-0.25, -0.2) is 0 Å². The summed E-state index contributed by atoms with van der Waals surface area (Å²) in [5.41, 5.74) is -1.45. The van der Waals surface area contributed by atoms with Gasteiger partial charge in [-0.05, 0) is 256 Å². The highest BCUT2D eigenvalue weighted by Gasteiger charge is 2.52. The maximum absolute atomic E-state index is 6.25. The fourth-order valence-electron chi connectivity index (χ4n) is 20.1. The van der Waals surface area contributed by atoms with Crippen LogP contribution in [0.5, 0.6) is 0 Å². The van der Waals surface area contributed by atoms with Gasteiger partial charge >= 0.3 is 0 Å². The standard InChI is InChI=1S/C72H136N18O2/c1-61(2)37-49(38-62(3,4)79-61)83(25)55-73-56(84(26)50-39-63(5,6)80-64(7,8)40-50)76-59(75-55)87(53-45-69(17,18)89(91-29)70(19,20)46-53)35-33-31-32-34-36-88(54-47-71(21,22)90(92-30)72(23,24)48-54)60-77-57(85(27)51-41-65(9,10)81-66(11,12)42-51)74-58(78-60)86(28)52-43-67(13,14)82-68(15,16)44-52/h49-54,79-82H,31-48H2,1-30H3. The van der Waals surface area contributed by atoms with Crippen molar-refractivity contribution in [3.05, 3.63) is 0 Å². The average molecular weight is 1290 g/mol. The van der Waals surface area contributed by atoms with Crippen LogP contribution in [0.2, 0.25) is 0 Å². The first-order valence-corrected chi connectivity index (χ1v) is 35.7. The van der Waals surface area contributed by atoms with Crippen molar-refractivity contribution in [1.82, 2.24) is 61.3 Å². The molecule has 0 aromatic carbocycles. The van der Waals surface area contributed by atoms with Crippen molar-refractivity contribution < 1.29 is 9.68 Å². The molecule has 8 rings (SSSR count). The lowest BCUT2D eigenvalue weighted by molar-refractivity contribution is -0.266. The molecule has 0 unspecified atom stereocenters. The quantitative estimate of drug-likeness (QED) is 0.0870. The van der Waals surface area contributed by atoms with Crippen LogP contribution < -0.4 is 50.7 Å². The van der Waals surface area contributed by atoms with Crippen LogP contribution in [-0.4, -0.2) is 198 Å². The maximum Gasteiger partial charge on any atom is 0.232 e. The summed E-state index contributed by atoms with van der Waals surface area (Å²) in [6, 6.07) is 1.21. The number of unbranched alkanes of at least 4 members (excludes halogenated alkanes) is 3. The number of nitrogens with one attached hydrogen (secondary N) is 4. The molecule has 0 amide bonds. The van der Waals surface area contributed by atoms with Crippen LogP contribution in [0, 0.1) is 0 Å². The van der Waals surface area contributed by atoms with E-state index in [4.69, 9.17) is 39.6 Å². The number of hydrogen-bond acceptors (Lipinski definition) is 20. The van der Waals surface area contributed by atoms with Gasteiger partial charge in [0, 0.05) is 144 Å². The molecule has 20 nitrogen and oxygen atoms in total. The van der Waals surface area contributed by atoms with Gasteiger partial charge < -0.3 is 60.3 Å². The predicted octanol–water partition coefficient (Wildman–Crippen LogP) is 12.1. The van der Waals surface area contributed by atoms with E-state index in [9.17, 15) is 0 Å². The van der Waals surface area contributed by atoms with E-state index < -0.39 is 0 Å². The number of nitrogens with zero attached hydrogens (tertiary/aromatic N) is 14. The van der Waals surface area contributed by atoms with E-state index in [2.05, 4.69) is 255 Å². The molecule has 0 bridgehead atoms. The minimum atomic E-state index is -0.254. The molecule has 6 aliphatic rings. The fraction of sp³-hybridized carbons (Fsp3) is 0.917. The smallest absolute Gasteiger partial charge is 0.232 e. The number of hydrogen-bond donors (Lipinski definition) is 4. The Morgan fingerprint density at radius 3 is 0.663 bits per heavy atom. The molecule has 20 heteroatoms. The third-order valence-electron chi connectivity index (χ3n) is 21.8. The van der Waals surface area contributed by atoms with Crippen LogP contribution in [0.4, 0.5) is 35.7 Å². The van der Waals surface area contributed by atoms with Crippen molar-refractivity contribution in [2.45, 2.75) is 372 Å². The fourth-order valence-corrected chi connectivity index (χ4v) is 20.1. The second-order valence-electron chi connectivity index (χ2n) is 37.9. The summed E-state index contributed by atoms with van der Waals surface area (Å²) in [6.07, 6.45) is 15.4. The van der Waals surface area contributed by atoms with Crippen LogP contribution in [0.3, 0.4) is 0 Å². The molecule has 0 saturated carbocycles. The van der Waals surface area contributed by atoms with Gasteiger partial charge in [0.2, 0.25) is 35.7 Å². The molecule has 8 heterocycles. The number of piperidine rings is 6. The average Bonchev–Trinajstić information content (AvgIpc) is 0.768. The van der Waals surface area contributed by atoms with Crippen LogP contribution in [0.15, 0.2) is 0 Å². The Morgan fingerprint density at radius 1 is 0.293 bits per heavy atom. The van der Waals surface area contributed by atoms with Gasteiger partial charge in [-0.3, -0.25) is 0 Å². The van der Waals surface area contributed by atoms with Crippen LogP contribution in [0.1, 0.15) is 269 Å². The summed E-state index contributed by atoms with van der Waals surface area (Å²) < 4.78 is 0. The summed E-state index contributed by atoms with van der Waals surface area (Å²) in [6.45, 7) is 57.7. The van der Waals surface area contributed by atoms with E-state index in [1.165, 1.54) is 0 Å². The minimum Gasteiger partial charge on any atom is -0.341 e. The monoisotopic (exact) mass is 1290 g/mol. The highest BCUT2D eigenvalue weighted by atomic mass is 16.7. The molecule has 526 valence electrons. The first-order valence-electron chi connectivity index (χ1n) is 35.7. The SMILES string of the molecule is CON1C(C)(C)CC(N(CCCCCCN(c2nc(N(C)C3CC(C)(C)NC(C)(C)C3)nc(N(C)C3CC(C)(C)NC(C)(C)C3)n2)C2CC(C)(C)N(OC)C(C)(C)C2)c2nc(N(C)C3CC(C)(C)NC(C)(C)C3)nc(N(C)C3CC(C)(C)NC(C)(C)C3)n2)CC1(C)C. The van der Waals surface area contributed by atoms with Crippen molar-refractivity contribution in [1.29, 1.82) is 0 Å². The molecule has 2 aromatic rings. The lowest BCUT2D eigenvalue weighted by atomic mass is 9.78. The molecule has 0 radical (unpaired) electrons. The zero-order valence-electron chi connectivity index (χ0n) is 64.3. The van der Waals surface area contributed by atoms with Crippen molar-refractivity contribution >= 4 is 35.7 Å². The summed E-state index contributed by atoms with van der Waals surface area (Å²) >= 11 is 0. The van der Waals surface area contributed by atoms with E-state index in [0.29, 0.717) is 0 Å². The molecule has 92 heavy (non-hydrogen) atoms. The molecule has 6 saturated heterocycles. The number of anilines is 6. The van der Waals surface area contributed by atoms with Gasteiger partial charge in [-0.1, -0.05) is 12.8 Å². The maximum atomic E-state index is 6.25. The van der Waals surface area contributed by atoms with Gasteiger partial charge in [-0.15, -0.1) is 0 Å². The van der Waals surface area contributed by atoms with Crippen molar-refractivity contribution in [3.63, 3.8) is 0 Å². The van der Waals surface area contributed by atoms with Gasteiger partial charge in [-0.2, -0.15) is 40.0 Å². The Kier molecular flexibility index (Phi) is 21.0. The van der Waals surface area contributed by atoms with Gasteiger partial charge in [0.25, 0.3) is 0 Å². The van der Waals surface area contributed by atoms with Crippen LogP contribution in [0.25, 0.3) is 0 Å². The normalized spacial score (nSPS) is 26.3. The molecule has 4 N–H and O–H groups in total. The predicted molar refractivity (Wildman–Crippen MR) is 384 cm³/mol. The zero-order valence-corrected chi connectivity index (χ0v) is 64.3. The summed E-state index contributed by atoms with van der Waals surface area (Å²) in [5.74, 6) is 4.54. The van der Waals surface area contributed by atoms with Crippen LogP contribution >= 0.6 is 0 Å². The molecule has 0 atom stereocenters. The van der Waals surface area contributed by atoms with E-state index in [1.54, 1.807) is 0 Å². The number of aromatic nitrogens is 6. The topological polar surface area (TPSA) is 170 Å². The molecule has 0 spiro atoms. The first-order chi connectivity index (χ1) is 41.9. The molecule has 6 aliphatic heterocycles. The zero-order chi connectivity index (χ0) is 68.8. The van der Waals surface area contributed by atoms with Gasteiger partial charge in [0.15, 0.2) is 0 Å². The Balaban J connectivity index is 1.15. The summed E-state index contributed by atoms with van der Waals surface area (Å²) in [5, 5.41) is 20.2. The van der Waals surface area contributed by atoms with Crippen LogP contribution in [-0.2, 0) is 9.68 Å². The Bertz CT molecular complexity index is 2410. The van der Waals surface area contributed by atoms with E-state index >= 15 is 0 Å². The lowest BCUT2D eigenvalue weighted by Crippen LogP contribution is -2.64. The van der Waals surface area contributed by atoms with Gasteiger partial charge in [0.1, 0.15) is 0 Å². The highest BCUT2D eigenvalue weighted by molar-refractivity contribution is 5.50. The molecule has 0 aliphatic carbocycles. The molecule has 6 fully saturated rings. The molecule has 2 aromatic heterocycles. The number of hydroxylamine groups is 4. The molecular formula is C72H136N18O2. The van der Waals surface area contributed by atoms with Gasteiger partial charge in [0.05, 0.1) is 14.2 Å². The highest BCUT2D eigenvalue weighted by Crippen LogP contribution is 2.45. The first kappa shape index (κ1) is 74.3. The third-order valence-corrected chi connectivity index (χ3v) is 21.8. The number of rotatable bonds is 21.